The topological polar surface area (TPSA) is 62.0 Å². The van der Waals surface area contributed by atoms with Gasteiger partial charge in [0, 0.05) is 20.2 Å². The van der Waals surface area contributed by atoms with Gasteiger partial charge in [-0.1, -0.05) is 11.3 Å². The predicted molar refractivity (Wildman–Crippen MR) is 54.2 cm³/mol. The number of hydrogen-bond acceptors (Lipinski definition) is 6. The van der Waals surface area contributed by atoms with Gasteiger partial charge in [0.1, 0.15) is 5.51 Å². The summed E-state index contributed by atoms with van der Waals surface area (Å²) < 4.78 is 4.98. The van der Waals surface area contributed by atoms with Gasteiger partial charge in [0.2, 0.25) is 5.13 Å². The van der Waals surface area contributed by atoms with E-state index in [-0.39, 0.29) is 0 Å². The SMILES string of the molecule is COCCN(CCC#N)c1nncs1. The van der Waals surface area contributed by atoms with Crippen molar-refractivity contribution in [2.45, 2.75) is 6.42 Å². The van der Waals surface area contributed by atoms with Crippen LogP contribution in [0.4, 0.5) is 5.13 Å². The summed E-state index contributed by atoms with van der Waals surface area (Å²) in [7, 11) is 1.66. The fourth-order valence-corrected chi connectivity index (χ4v) is 1.61. The second-order valence-corrected chi connectivity index (χ2v) is 3.42. The second-order valence-electron chi connectivity index (χ2n) is 2.61. The van der Waals surface area contributed by atoms with Crippen LogP contribution in [0.25, 0.3) is 0 Å². The average Bonchev–Trinajstić information content (AvgIpc) is 2.71. The van der Waals surface area contributed by atoms with Gasteiger partial charge in [-0.05, 0) is 0 Å². The van der Waals surface area contributed by atoms with Crippen LogP contribution in [0.15, 0.2) is 5.51 Å². The Bertz CT molecular complexity index is 282. The van der Waals surface area contributed by atoms with E-state index in [1.165, 1.54) is 11.3 Å². The van der Waals surface area contributed by atoms with Gasteiger partial charge < -0.3 is 9.64 Å². The largest absolute Gasteiger partial charge is 0.383 e. The normalized spacial score (nSPS) is 9.71. The third kappa shape index (κ3) is 3.28. The molecule has 0 N–H and O–H groups in total. The molecule has 0 fully saturated rings. The molecular weight excluding hydrogens is 200 g/mol. The molecule has 0 unspecified atom stereocenters. The second kappa shape index (κ2) is 6.29. The lowest BCUT2D eigenvalue weighted by molar-refractivity contribution is 0.205. The average molecular weight is 212 g/mol. The van der Waals surface area contributed by atoms with Gasteiger partial charge >= 0.3 is 0 Å². The monoisotopic (exact) mass is 212 g/mol. The number of anilines is 1. The summed E-state index contributed by atoms with van der Waals surface area (Å²) in [6.45, 7) is 2.05. The summed E-state index contributed by atoms with van der Waals surface area (Å²) >= 11 is 1.47. The van der Waals surface area contributed by atoms with E-state index >= 15 is 0 Å². The van der Waals surface area contributed by atoms with Crippen molar-refractivity contribution in [3.63, 3.8) is 0 Å². The zero-order valence-electron chi connectivity index (χ0n) is 8.01. The number of hydrogen-bond donors (Lipinski definition) is 0. The van der Waals surface area contributed by atoms with Crippen molar-refractivity contribution in [3.8, 4) is 6.07 Å². The summed E-state index contributed by atoms with van der Waals surface area (Å²) in [6.07, 6.45) is 0.489. The first-order valence-corrected chi connectivity index (χ1v) is 5.13. The van der Waals surface area contributed by atoms with Gasteiger partial charge in [0.15, 0.2) is 0 Å². The lowest BCUT2D eigenvalue weighted by Crippen LogP contribution is -2.28. The quantitative estimate of drug-likeness (QED) is 0.701. The molecule has 76 valence electrons. The number of nitriles is 1. The lowest BCUT2D eigenvalue weighted by Gasteiger charge is -2.18. The molecule has 0 radical (unpaired) electrons. The smallest absolute Gasteiger partial charge is 0.208 e. The van der Waals surface area contributed by atoms with Gasteiger partial charge in [0.25, 0.3) is 0 Å². The van der Waals surface area contributed by atoms with Crippen LogP contribution in [0, 0.1) is 11.3 Å². The van der Waals surface area contributed by atoms with Gasteiger partial charge in [-0.15, -0.1) is 10.2 Å². The summed E-state index contributed by atoms with van der Waals surface area (Å²) in [5, 5.41) is 17.1. The number of rotatable bonds is 6. The first-order valence-electron chi connectivity index (χ1n) is 4.25. The van der Waals surface area contributed by atoms with E-state index in [1.54, 1.807) is 12.6 Å². The predicted octanol–water partition coefficient (Wildman–Crippen LogP) is 0.905. The van der Waals surface area contributed by atoms with E-state index in [2.05, 4.69) is 16.3 Å². The first-order chi connectivity index (χ1) is 6.88. The van der Waals surface area contributed by atoms with Crippen molar-refractivity contribution in [1.82, 2.24) is 10.2 Å². The molecular formula is C8H12N4OS. The molecule has 6 heteroatoms. The van der Waals surface area contributed by atoms with Crippen molar-refractivity contribution < 1.29 is 4.74 Å². The zero-order chi connectivity index (χ0) is 10.2. The molecule has 0 aliphatic rings. The van der Waals surface area contributed by atoms with E-state index in [9.17, 15) is 0 Å². The summed E-state index contributed by atoms with van der Waals surface area (Å²) in [6, 6.07) is 2.11. The minimum Gasteiger partial charge on any atom is -0.383 e. The number of methoxy groups -OCH3 is 1. The number of nitrogens with zero attached hydrogens (tertiary/aromatic N) is 4. The van der Waals surface area contributed by atoms with Crippen molar-refractivity contribution in [1.29, 1.82) is 5.26 Å². The third-order valence-electron chi connectivity index (χ3n) is 1.68. The van der Waals surface area contributed by atoms with Gasteiger partial charge in [-0.3, -0.25) is 0 Å². The Kier molecular flexibility index (Phi) is 4.89. The Morgan fingerprint density at radius 2 is 2.50 bits per heavy atom. The molecule has 0 atom stereocenters. The Morgan fingerprint density at radius 3 is 3.07 bits per heavy atom. The molecule has 1 aromatic rings. The van der Waals surface area contributed by atoms with Crippen LogP contribution in [0.2, 0.25) is 0 Å². The van der Waals surface area contributed by atoms with Gasteiger partial charge in [-0.2, -0.15) is 5.26 Å². The van der Waals surface area contributed by atoms with Gasteiger partial charge in [0.05, 0.1) is 19.1 Å². The molecule has 1 aromatic heterocycles. The molecule has 14 heavy (non-hydrogen) atoms. The highest BCUT2D eigenvalue weighted by atomic mass is 32.1. The summed E-state index contributed by atoms with van der Waals surface area (Å²) in [5.74, 6) is 0. The van der Waals surface area contributed by atoms with Crippen LogP contribution in [-0.2, 0) is 4.74 Å². The third-order valence-corrected chi connectivity index (χ3v) is 2.43. The molecule has 0 saturated heterocycles. The Morgan fingerprint density at radius 1 is 1.64 bits per heavy atom. The maximum Gasteiger partial charge on any atom is 0.208 e. The Hall–Kier alpha value is -1.19. The molecule has 0 bridgehead atoms. The minimum atomic E-state index is 0.489. The summed E-state index contributed by atoms with van der Waals surface area (Å²) in [4.78, 5) is 2.00. The fraction of sp³-hybridized carbons (Fsp3) is 0.625. The van der Waals surface area contributed by atoms with Gasteiger partial charge in [-0.25, -0.2) is 0 Å². The highest BCUT2D eigenvalue weighted by molar-refractivity contribution is 7.13. The zero-order valence-corrected chi connectivity index (χ0v) is 8.83. The highest BCUT2D eigenvalue weighted by Gasteiger charge is 2.08. The van der Waals surface area contributed by atoms with E-state index < -0.39 is 0 Å². The first kappa shape index (κ1) is 10.9. The molecule has 5 nitrogen and oxygen atoms in total. The molecule has 0 aliphatic heterocycles. The van der Waals surface area contributed by atoms with Crippen LogP contribution in [0.1, 0.15) is 6.42 Å². The standard InChI is InChI=1S/C8H12N4OS/c1-13-6-5-12(4-2-3-9)8-11-10-7-14-8/h7H,2,4-6H2,1H3. The molecule has 0 saturated carbocycles. The van der Waals surface area contributed by atoms with Crippen molar-refractivity contribution >= 4 is 16.5 Å². The molecule has 1 heterocycles. The minimum absolute atomic E-state index is 0.489. The van der Waals surface area contributed by atoms with Crippen molar-refractivity contribution in [3.05, 3.63) is 5.51 Å². The number of ether oxygens (including phenoxy) is 1. The Labute approximate surface area is 86.9 Å². The Balaban J connectivity index is 2.49. The molecule has 0 amide bonds. The van der Waals surface area contributed by atoms with Crippen LogP contribution < -0.4 is 4.90 Å². The van der Waals surface area contributed by atoms with Crippen LogP contribution in [0.3, 0.4) is 0 Å². The van der Waals surface area contributed by atoms with E-state index in [0.717, 1.165) is 11.7 Å². The van der Waals surface area contributed by atoms with Crippen LogP contribution in [-0.4, -0.2) is 37.0 Å². The summed E-state index contributed by atoms with van der Waals surface area (Å²) in [5.41, 5.74) is 1.68. The highest BCUT2D eigenvalue weighted by Crippen LogP contribution is 2.15. The van der Waals surface area contributed by atoms with E-state index in [0.29, 0.717) is 19.6 Å². The van der Waals surface area contributed by atoms with Crippen molar-refractivity contribution in [2.24, 2.45) is 0 Å². The molecule has 1 rings (SSSR count). The fourth-order valence-electron chi connectivity index (χ4n) is 0.995. The molecule has 0 aliphatic carbocycles. The van der Waals surface area contributed by atoms with Crippen LogP contribution in [0.5, 0.6) is 0 Å². The van der Waals surface area contributed by atoms with E-state index in [4.69, 9.17) is 10.00 Å². The van der Waals surface area contributed by atoms with Crippen molar-refractivity contribution in [2.75, 3.05) is 31.7 Å². The van der Waals surface area contributed by atoms with E-state index in [1.807, 2.05) is 4.90 Å². The van der Waals surface area contributed by atoms with Crippen LogP contribution >= 0.6 is 11.3 Å². The maximum atomic E-state index is 8.50. The molecule has 0 spiro atoms. The lowest BCUT2D eigenvalue weighted by atomic mass is 10.4. The molecule has 0 aromatic carbocycles. The maximum absolute atomic E-state index is 8.50. The number of aromatic nitrogens is 2.